The van der Waals surface area contributed by atoms with Gasteiger partial charge in [0.15, 0.2) is 0 Å². The van der Waals surface area contributed by atoms with Crippen LogP contribution in [0.15, 0.2) is 70.7 Å². The second-order valence-corrected chi connectivity index (χ2v) is 7.39. The molecule has 2 atom stereocenters. The van der Waals surface area contributed by atoms with Gasteiger partial charge in [0.2, 0.25) is 0 Å². The predicted octanol–water partition coefficient (Wildman–Crippen LogP) is 4.77. The summed E-state index contributed by atoms with van der Waals surface area (Å²) in [7, 11) is 1.30. The van der Waals surface area contributed by atoms with Crippen LogP contribution < -0.4 is 4.74 Å². The summed E-state index contributed by atoms with van der Waals surface area (Å²) >= 11 is 3.44. The van der Waals surface area contributed by atoms with Gasteiger partial charge in [-0.1, -0.05) is 52.8 Å². The lowest BCUT2D eigenvalue weighted by Crippen LogP contribution is -2.30. The standard InChI is InChI=1S/C23H17BrN2O3/c1-14(23(27)28-2)21(15-6-4-3-5-7-15)19-13-29-20-9-8-17(24)10-18(20)22(19)16(11-25)12-26/h3-10,19,21H,1,13H2,2H3/t19-,21-/m0/s1. The van der Waals surface area contributed by atoms with Crippen molar-refractivity contribution < 1.29 is 14.3 Å². The summed E-state index contributed by atoms with van der Waals surface area (Å²) in [5.74, 6) is -0.964. The van der Waals surface area contributed by atoms with Crippen LogP contribution in [-0.2, 0) is 9.53 Å². The van der Waals surface area contributed by atoms with Gasteiger partial charge in [0.25, 0.3) is 0 Å². The molecule has 0 radical (unpaired) electrons. The zero-order chi connectivity index (χ0) is 21.0. The summed E-state index contributed by atoms with van der Waals surface area (Å²) in [5.41, 5.74) is 2.22. The number of benzene rings is 2. The summed E-state index contributed by atoms with van der Waals surface area (Å²) in [6.07, 6.45) is 0. The number of carbonyl (C=O) groups excluding carboxylic acids is 1. The molecule has 0 fully saturated rings. The van der Waals surface area contributed by atoms with E-state index >= 15 is 0 Å². The highest BCUT2D eigenvalue weighted by Crippen LogP contribution is 2.47. The molecule has 0 spiro atoms. The maximum Gasteiger partial charge on any atom is 0.333 e. The van der Waals surface area contributed by atoms with E-state index in [1.54, 1.807) is 6.07 Å². The van der Waals surface area contributed by atoms with Gasteiger partial charge in [0.1, 0.15) is 23.5 Å². The van der Waals surface area contributed by atoms with E-state index in [1.165, 1.54) is 7.11 Å². The van der Waals surface area contributed by atoms with Crippen molar-refractivity contribution in [1.29, 1.82) is 10.5 Å². The van der Waals surface area contributed by atoms with Gasteiger partial charge in [-0.2, -0.15) is 10.5 Å². The number of methoxy groups -OCH3 is 1. The van der Waals surface area contributed by atoms with Crippen LogP contribution in [0.4, 0.5) is 0 Å². The molecule has 6 heteroatoms. The number of allylic oxidation sites excluding steroid dienone is 1. The Morgan fingerprint density at radius 3 is 2.55 bits per heavy atom. The number of halogens is 1. The third kappa shape index (κ3) is 3.94. The van der Waals surface area contributed by atoms with Crippen molar-refractivity contribution >= 4 is 27.5 Å². The van der Waals surface area contributed by atoms with Crippen LogP contribution in [0.3, 0.4) is 0 Å². The van der Waals surface area contributed by atoms with E-state index in [4.69, 9.17) is 9.47 Å². The van der Waals surface area contributed by atoms with Gasteiger partial charge in [-0.3, -0.25) is 0 Å². The van der Waals surface area contributed by atoms with Crippen molar-refractivity contribution in [3.63, 3.8) is 0 Å². The Morgan fingerprint density at radius 1 is 1.24 bits per heavy atom. The summed E-state index contributed by atoms with van der Waals surface area (Å²) < 4.78 is 11.7. The molecule has 0 bridgehead atoms. The number of nitrogens with zero attached hydrogens (tertiary/aromatic N) is 2. The minimum absolute atomic E-state index is 0.0174. The molecular formula is C23H17BrN2O3. The first kappa shape index (κ1) is 20.4. The second-order valence-electron chi connectivity index (χ2n) is 6.48. The molecule has 0 saturated carbocycles. The zero-order valence-corrected chi connectivity index (χ0v) is 17.3. The molecule has 29 heavy (non-hydrogen) atoms. The Balaban J connectivity index is 2.26. The van der Waals surface area contributed by atoms with Gasteiger partial charge in [0.05, 0.1) is 13.7 Å². The molecule has 0 unspecified atom stereocenters. The highest BCUT2D eigenvalue weighted by Gasteiger charge is 2.38. The normalized spacial score (nSPS) is 15.7. The summed E-state index contributed by atoms with van der Waals surface area (Å²) in [6, 6.07) is 18.8. The van der Waals surface area contributed by atoms with Crippen LogP contribution in [0, 0.1) is 28.6 Å². The minimum Gasteiger partial charge on any atom is -0.492 e. The van der Waals surface area contributed by atoms with Gasteiger partial charge in [0, 0.05) is 27.4 Å². The Labute approximate surface area is 177 Å². The molecule has 0 saturated heterocycles. The van der Waals surface area contributed by atoms with Crippen LogP contribution in [-0.4, -0.2) is 19.7 Å². The van der Waals surface area contributed by atoms with Gasteiger partial charge in [-0.05, 0) is 29.3 Å². The number of nitriles is 2. The maximum atomic E-state index is 12.4. The SMILES string of the molecule is C=C(C(=O)OC)[C@@H](c1ccccc1)[C@@H]1COc2ccc(Br)cc2C1=C(C#N)C#N. The Kier molecular flexibility index (Phi) is 6.16. The fourth-order valence-electron chi connectivity index (χ4n) is 3.62. The minimum atomic E-state index is -0.547. The van der Waals surface area contributed by atoms with Crippen molar-refractivity contribution in [2.75, 3.05) is 13.7 Å². The summed E-state index contributed by atoms with van der Waals surface area (Å²) in [6.45, 7) is 4.16. The molecule has 144 valence electrons. The molecule has 3 rings (SSSR count). The van der Waals surface area contributed by atoms with Crippen LogP contribution >= 0.6 is 15.9 Å². The van der Waals surface area contributed by atoms with Gasteiger partial charge >= 0.3 is 5.97 Å². The highest BCUT2D eigenvalue weighted by atomic mass is 79.9. The molecular weight excluding hydrogens is 432 g/mol. The summed E-state index contributed by atoms with van der Waals surface area (Å²) in [4.78, 5) is 12.4. The van der Waals surface area contributed by atoms with Gasteiger partial charge < -0.3 is 9.47 Å². The van der Waals surface area contributed by atoms with Gasteiger partial charge in [-0.15, -0.1) is 0 Å². The second kappa shape index (κ2) is 8.77. The monoisotopic (exact) mass is 448 g/mol. The lowest BCUT2D eigenvalue weighted by atomic mass is 9.73. The van der Waals surface area contributed by atoms with Crippen molar-refractivity contribution in [2.24, 2.45) is 5.92 Å². The van der Waals surface area contributed by atoms with Crippen molar-refractivity contribution in [3.05, 3.63) is 81.9 Å². The third-order valence-corrected chi connectivity index (χ3v) is 5.39. The van der Waals surface area contributed by atoms with E-state index < -0.39 is 17.8 Å². The molecule has 2 aromatic rings. The lowest BCUT2D eigenvalue weighted by molar-refractivity contribution is -0.136. The fourth-order valence-corrected chi connectivity index (χ4v) is 3.99. The first-order chi connectivity index (χ1) is 14.0. The lowest BCUT2D eigenvalue weighted by Gasteiger charge is -2.35. The third-order valence-electron chi connectivity index (χ3n) is 4.90. The van der Waals surface area contributed by atoms with E-state index in [1.807, 2.05) is 54.6 Å². The number of rotatable bonds is 4. The zero-order valence-electron chi connectivity index (χ0n) is 15.7. The quantitative estimate of drug-likeness (QED) is 0.382. The molecule has 1 aliphatic heterocycles. The van der Waals surface area contributed by atoms with E-state index in [9.17, 15) is 15.3 Å². The van der Waals surface area contributed by atoms with E-state index in [2.05, 4.69) is 22.5 Å². The fraction of sp³-hybridized carbons (Fsp3) is 0.174. The van der Waals surface area contributed by atoms with E-state index in [-0.39, 0.29) is 17.8 Å². The van der Waals surface area contributed by atoms with Crippen LogP contribution in [0.2, 0.25) is 0 Å². The van der Waals surface area contributed by atoms with Gasteiger partial charge in [-0.25, -0.2) is 4.79 Å². The number of hydrogen-bond acceptors (Lipinski definition) is 5. The molecule has 0 amide bonds. The molecule has 5 nitrogen and oxygen atoms in total. The van der Waals surface area contributed by atoms with E-state index in [0.29, 0.717) is 16.9 Å². The largest absolute Gasteiger partial charge is 0.492 e. The van der Waals surface area contributed by atoms with Crippen LogP contribution in [0.1, 0.15) is 17.0 Å². The van der Waals surface area contributed by atoms with Crippen molar-refractivity contribution in [1.82, 2.24) is 0 Å². The smallest absolute Gasteiger partial charge is 0.333 e. The molecule has 1 heterocycles. The van der Waals surface area contributed by atoms with Crippen molar-refractivity contribution in [2.45, 2.75) is 5.92 Å². The summed E-state index contributed by atoms with van der Waals surface area (Å²) in [5, 5.41) is 19.3. The highest BCUT2D eigenvalue weighted by molar-refractivity contribution is 9.10. The number of hydrogen-bond donors (Lipinski definition) is 0. The molecule has 0 aromatic heterocycles. The van der Waals surface area contributed by atoms with Crippen LogP contribution in [0.25, 0.3) is 5.57 Å². The first-order valence-corrected chi connectivity index (χ1v) is 9.60. The molecule has 0 aliphatic carbocycles. The average Bonchev–Trinajstić information content (AvgIpc) is 2.75. The number of esters is 1. The van der Waals surface area contributed by atoms with Crippen molar-refractivity contribution in [3.8, 4) is 17.9 Å². The first-order valence-electron chi connectivity index (χ1n) is 8.81. The average molecular weight is 449 g/mol. The maximum absolute atomic E-state index is 12.4. The molecule has 2 aromatic carbocycles. The van der Waals surface area contributed by atoms with Crippen LogP contribution in [0.5, 0.6) is 5.75 Å². The Morgan fingerprint density at radius 2 is 1.93 bits per heavy atom. The van der Waals surface area contributed by atoms with E-state index in [0.717, 1.165) is 10.0 Å². The molecule has 1 aliphatic rings. The topological polar surface area (TPSA) is 83.1 Å². The number of ether oxygens (including phenoxy) is 2. The Hall–Kier alpha value is -3.35. The number of carbonyl (C=O) groups is 1. The Bertz CT molecular complexity index is 1060. The predicted molar refractivity (Wildman–Crippen MR) is 112 cm³/mol. The molecule has 0 N–H and O–H groups in total. The number of fused-ring (bicyclic) bond motifs is 1.